The number of carbonyl (C=O) groups is 1. The molecule has 0 fully saturated rings. The van der Waals surface area contributed by atoms with E-state index in [-0.39, 0.29) is 11.6 Å². The molecule has 0 aliphatic rings. The van der Waals surface area contributed by atoms with Gasteiger partial charge in [0.25, 0.3) is 0 Å². The molecule has 0 amide bonds. The van der Waals surface area contributed by atoms with Gasteiger partial charge >= 0.3 is 6.18 Å². The van der Waals surface area contributed by atoms with Gasteiger partial charge in [0.1, 0.15) is 24.7 Å². The number of allylic oxidation sites excluding steroid dienone is 1. The molecule has 0 aliphatic carbocycles. The van der Waals surface area contributed by atoms with E-state index in [9.17, 15) is 18.0 Å². The van der Waals surface area contributed by atoms with Gasteiger partial charge < -0.3 is 9.30 Å². The number of ether oxygens (including phenoxy) is 1. The lowest BCUT2D eigenvalue weighted by Crippen LogP contribution is -2.18. The number of ketones is 1. The van der Waals surface area contributed by atoms with E-state index in [1.54, 1.807) is 24.3 Å². The third-order valence-electron chi connectivity index (χ3n) is 3.87. The maximum Gasteiger partial charge on any atom is 0.406 e. The molecule has 0 spiro atoms. The van der Waals surface area contributed by atoms with Crippen LogP contribution in [0, 0.1) is 0 Å². The maximum absolute atomic E-state index is 12.6. The van der Waals surface area contributed by atoms with Gasteiger partial charge in [-0.25, -0.2) is 4.98 Å². The van der Waals surface area contributed by atoms with Crippen molar-refractivity contribution < 1.29 is 22.7 Å². The minimum absolute atomic E-state index is 0.0494. The van der Waals surface area contributed by atoms with E-state index in [0.29, 0.717) is 17.9 Å². The second-order valence-corrected chi connectivity index (χ2v) is 6.00. The molecule has 0 saturated heterocycles. The average Bonchev–Trinajstić information content (AvgIpc) is 3.10. The molecular formula is C21H17F3N2O2. The summed E-state index contributed by atoms with van der Waals surface area (Å²) in [5, 5.41) is 0. The number of para-hydroxylation sites is 1. The zero-order valence-corrected chi connectivity index (χ0v) is 14.8. The van der Waals surface area contributed by atoms with E-state index < -0.39 is 12.7 Å². The summed E-state index contributed by atoms with van der Waals surface area (Å²) < 4.78 is 44.4. The van der Waals surface area contributed by atoms with Crippen LogP contribution in [0.2, 0.25) is 0 Å². The van der Waals surface area contributed by atoms with Gasteiger partial charge in [0.15, 0.2) is 5.78 Å². The number of carbonyl (C=O) groups excluding carboxylic acids is 1. The summed E-state index contributed by atoms with van der Waals surface area (Å²) in [5.74, 6) is 0.0678. The molecule has 0 radical (unpaired) electrons. The molecule has 0 unspecified atom stereocenters. The second kappa shape index (κ2) is 8.56. The van der Waals surface area contributed by atoms with Gasteiger partial charge in [0, 0.05) is 12.4 Å². The van der Waals surface area contributed by atoms with Crippen LogP contribution in [0.5, 0.6) is 5.75 Å². The zero-order valence-electron chi connectivity index (χ0n) is 14.8. The molecular weight excluding hydrogens is 369 g/mol. The lowest BCUT2D eigenvalue weighted by molar-refractivity contribution is -0.140. The van der Waals surface area contributed by atoms with E-state index in [4.69, 9.17) is 4.74 Å². The molecule has 7 heteroatoms. The van der Waals surface area contributed by atoms with Gasteiger partial charge in [0.2, 0.25) is 0 Å². The van der Waals surface area contributed by atoms with Crippen LogP contribution in [-0.2, 0) is 13.2 Å². The number of hydrogen-bond donors (Lipinski definition) is 0. The van der Waals surface area contributed by atoms with Crippen LogP contribution in [0.15, 0.2) is 73.1 Å². The first kappa shape index (κ1) is 19.4. The fourth-order valence-corrected chi connectivity index (χ4v) is 2.58. The molecule has 1 heterocycles. The lowest BCUT2D eigenvalue weighted by Gasteiger charge is -2.10. The Bertz CT molecular complexity index is 963. The van der Waals surface area contributed by atoms with Crippen molar-refractivity contribution in [3.63, 3.8) is 0 Å². The van der Waals surface area contributed by atoms with Crippen molar-refractivity contribution in [1.82, 2.24) is 9.55 Å². The van der Waals surface area contributed by atoms with Crippen LogP contribution in [0.1, 0.15) is 21.7 Å². The smallest absolute Gasteiger partial charge is 0.406 e. The normalized spacial score (nSPS) is 11.7. The molecule has 0 aliphatic heterocycles. The van der Waals surface area contributed by atoms with E-state index in [1.165, 1.54) is 24.5 Å². The number of aromatic nitrogens is 2. The Hall–Kier alpha value is -3.35. The van der Waals surface area contributed by atoms with Gasteiger partial charge in [-0.3, -0.25) is 4.79 Å². The fraction of sp³-hybridized carbons (Fsp3) is 0.143. The monoisotopic (exact) mass is 386 g/mol. The largest absolute Gasteiger partial charge is 0.488 e. The average molecular weight is 386 g/mol. The summed E-state index contributed by atoms with van der Waals surface area (Å²) in [7, 11) is 0. The molecule has 0 atom stereocenters. The standard InChI is InChI=1S/C21H17F3N2O2/c22-21(23,24)15-26-13-12-25-20(26)11-10-18(27)17-8-4-5-9-19(17)28-14-16-6-2-1-3-7-16/h1-13H,14-15H2/b11-10+. The summed E-state index contributed by atoms with van der Waals surface area (Å²) >= 11 is 0. The number of imidazole rings is 1. The van der Waals surface area contributed by atoms with Crippen molar-refractivity contribution >= 4 is 11.9 Å². The minimum Gasteiger partial charge on any atom is -0.488 e. The Morgan fingerprint density at radius 1 is 1.07 bits per heavy atom. The molecule has 1 aromatic heterocycles. The predicted octanol–water partition coefficient (Wildman–Crippen LogP) is 4.92. The number of nitrogens with zero attached hydrogens (tertiary/aromatic N) is 2. The fourth-order valence-electron chi connectivity index (χ4n) is 2.58. The summed E-state index contributed by atoms with van der Waals surface area (Å²) in [6.45, 7) is -0.873. The number of halogens is 3. The van der Waals surface area contributed by atoms with Gasteiger partial charge in [-0.15, -0.1) is 0 Å². The summed E-state index contributed by atoms with van der Waals surface area (Å²) in [6.07, 6.45) is 0.564. The van der Waals surface area contributed by atoms with Gasteiger partial charge in [-0.2, -0.15) is 13.2 Å². The first-order valence-corrected chi connectivity index (χ1v) is 8.48. The molecule has 3 aromatic rings. The van der Waals surface area contributed by atoms with Crippen molar-refractivity contribution in [3.8, 4) is 5.75 Å². The number of hydrogen-bond acceptors (Lipinski definition) is 3. The topological polar surface area (TPSA) is 44.1 Å². The molecule has 3 rings (SSSR count). The van der Waals surface area contributed by atoms with Crippen molar-refractivity contribution in [2.75, 3.05) is 0 Å². The molecule has 0 saturated carbocycles. The highest BCUT2D eigenvalue weighted by atomic mass is 19.4. The van der Waals surface area contributed by atoms with Crippen LogP contribution < -0.4 is 4.74 Å². The Morgan fingerprint density at radius 2 is 1.79 bits per heavy atom. The summed E-state index contributed by atoms with van der Waals surface area (Å²) in [4.78, 5) is 16.4. The molecule has 0 N–H and O–H groups in total. The zero-order chi connectivity index (χ0) is 20.0. The summed E-state index contributed by atoms with van der Waals surface area (Å²) in [6, 6.07) is 16.2. The third kappa shape index (κ3) is 5.33. The number of rotatable bonds is 7. The highest BCUT2D eigenvalue weighted by molar-refractivity contribution is 6.08. The molecule has 144 valence electrons. The highest BCUT2D eigenvalue weighted by Gasteiger charge is 2.28. The van der Waals surface area contributed by atoms with E-state index in [1.807, 2.05) is 30.3 Å². The van der Waals surface area contributed by atoms with E-state index in [0.717, 1.165) is 10.1 Å². The van der Waals surface area contributed by atoms with Crippen LogP contribution in [0.25, 0.3) is 6.08 Å². The molecule has 2 aromatic carbocycles. The number of benzene rings is 2. The quantitative estimate of drug-likeness (QED) is 0.428. The highest BCUT2D eigenvalue weighted by Crippen LogP contribution is 2.22. The van der Waals surface area contributed by atoms with Crippen molar-refractivity contribution in [2.45, 2.75) is 19.3 Å². The van der Waals surface area contributed by atoms with Gasteiger partial charge in [0.05, 0.1) is 5.56 Å². The van der Waals surface area contributed by atoms with Crippen LogP contribution in [0.3, 0.4) is 0 Å². The van der Waals surface area contributed by atoms with Crippen LogP contribution in [-0.4, -0.2) is 21.5 Å². The predicted molar refractivity (Wildman–Crippen MR) is 98.9 cm³/mol. The summed E-state index contributed by atoms with van der Waals surface area (Å²) in [5.41, 5.74) is 1.28. The van der Waals surface area contributed by atoms with Crippen LogP contribution in [0.4, 0.5) is 13.2 Å². The molecule has 4 nitrogen and oxygen atoms in total. The Kier molecular flexibility index (Phi) is 5.93. The Labute approximate surface area is 159 Å². The Balaban J connectivity index is 1.73. The lowest BCUT2D eigenvalue weighted by atomic mass is 10.1. The Morgan fingerprint density at radius 3 is 2.54 bits per heavy atom. The van der Waals surface area contributed by atoms with E-state index in [2.05, 4.69) is 4.98 Å². The van der Waals surface area contributed by atoms with Crippen LogP contribution >= 0.6 is 0 Å². The van der Waals surface area contributed by atoms with Crippen molar-refractivity contribution in [2.24, 2.45) is 0 Å². The minimum atomic E-state index is -4.37. The first-order chi connectivity index (χ1) is 13.4. The second-order valence-electron chi connectivity index (χ2n) is 6.00. The number of alkyl halides is 3. The van der Waals surface area contributed by atoms with Crippen molar-refractivity contribution in [1.29, 1.82) is 0 Å². The molecule has 0 bridgehead atoms. The SMILES string of the molecule is O=C(/C=C/c1nccn1CC(F)(F)F)c1ccccc1OCc1ccccc1. The van der Waals surface area contributed by atoms with E-state index >= 15 is 0 Å². The third-order valence-corrected chi connectivity index (χ3v) is 3.87. The first-order valence-electron chi connectivity index (χ1n) is 8.48. The molecule has 28 heavy (non-hydrogen) atoms. The maximum atomic E-state index is 12.6. The van der Waals surface area contributed by atoms with Gasteiger partial charge in [-0.1, -0.05) is 42.5 Å². The van der Waals surface area contributed by atoms with Crippen molar-refractivity contribution in [3.05, 3.63) is 90.0 Å². The van der Waals surface area contributed by atoms with Gasteiger partial charge in [-0.05, 0) is 29.8 Å².